The van der Waals surface area contributed by atoms with Gasteiger partial charge in [0.1, 0.15) is 6.61 Å². The molecule has 0 fully saturated rings. The Hall–Kier alpha value is -2.66. The zero-order chi connectivity index (χ0) is 46.3. The van der Waals surface area contributed by atoms with Crippen LogP contribution in [0.1, 0.15) is 271 Å². The van der Waals surface area contributed by atoms with E-state index in [1.54, 1.807) is 0 Å². The van der Waals surface area contributed by atoms with Crippen LogP contribution < -0.4 is 0 Å². The van der Waals surface area contributed by atoms with Gasteiger partial charge in [0, 0.05) is 12.8 Å². The summed E-state index contributed by atoms with van der Waals surface area (Å²) in [5, 5.41) is 9.58. The van der Waals surface area contributed by atoms with E-state index in [4.69, 9.17) is 9.47 Å². The molecule has 0 spiro atoms. The zero-order valence-electron chi connectivity index (χ0n) is 42.3. The fourth-order valence-electron chi connectivity index (χ4n) is 7.91. The van der Waals surface area contributed by atoms with Gasteiger partial charge in [0.15, 0.2) is 6.10 Å². The largest absolute Gasteiger partial charge is 0.462 e. The van der Waals surface area contributed by atoms with Crippen molar-refractivity contribution >= 4 is 11.9 Å². The molecule has 0 bridgehead atoms. The molecule has 5 nitrogen and oxygen atoms in total. The number of unbranched alkanes of at least 4 members (excludes halogenated alkanes) is 30. The molecule has 0 aromatic rings. The number of allylic oxidation sites excluding steroid dienone is 12. The number of ether oxygens (including phenoxy) is 2. The molecule has 64 heavy (non-hydrogen) atoms. The fraction of sp³-hybridized carbons (Fsp3) is 0.763. The second-order valence-electron chi connectivity index (χ2n) is 18.3. The number of rotatable bonds is 50. The van der Waals surface area contributed by atoms with E-state index in [1.165, 1.54) is 167 Å². The molecule has 0 rings (SSSR count). The van der Waals surface area contributed by atoms with Gasteiger partial charge in [-0.05, 0) is 64.2 Å². The molecule has 1 N–H and O–H groups in total. The third-order valence-corrected chi connectivity index (χ3v) is 12.0. The van der Waals surface area contributed by atoms with Gasteiger partial charge in [-0.15, -0.1) is 0 Å². The summed E-state index contributed by atoms with van der Waals surface area (Å²) in [6.45, 7) is 4.02. The van der Waals surface area contributed by atoms with Crippen LogP contribution in [0.5, 0.6) is 0 Å². The van der Waals surface area contributed by atoms with Crippen molar-refractivity contribution in [2.75, 3.05) is 13.2 Å². The zero-order valence-corrected chi connectivity index (χ0v) is 42.3. The molecule has 0 aliphatic heterocycles. The van der Waals surface area contributed by atoms with Crippen molar-refractivity contribution in [3.05, 3.63) is 72.9 Å². The Morgan fingerprint density at radius 2 is 0.672 bits per heavy atom. The molecule has 0 aromatic heterocycles. The predicted molar refractivity (Wildman–Crippen MR) is 279 cm³/mol. The topological polar surface area (TPSA) is 72.8 Å². The summed E-state index contributed by atoms with van der Waals surface area (Å²) in [6, 6.07) is 0. The second-order valence-corrected chi connectivity index (χ2v) is 18.3. The van der Waals surface area contributed by atoms with Gasteiger partial charge in [-0.3, -0.25) is 9.59 Å². The summed E-state index contributed by atoms with van der Waals surface area (Å²) >= 11 is 0. The highest BCUT2D eigenvalue weighted by Gasteiger charge is 2.16. The van der Waals surface area contributed by atoms with Crippen LogP contribution in [0.15, 0.2) is 72.9 Å². The van der Waals surface area contributed by atoms with Gasteiger partial charge in [-0.2, -0.15) is 0 Å². The van der Waals surface area contributed by atoms with Gasteiger partial charge >= 0.3 is 11.9 Å². The summed E-state index contributed by atoms with van der Waals surface area (Å²) in [6.07, 6.45) is 74.8. The highest BCUT2D eigenvalue weighted by molar-refractivity contribution is 5.70. The van der Waals surface area contributed by atoms with Crippen LogP contribution in [0.25, 0.3) is 0 Å². The van der Waals surface area contributed by atoms with Gasteiger partial charge in [0.2, 0.25) is 0 Å². The Bertz CT molecular complexity index is 1150. The number of hydrogen-bond acceptors (Lipinski definition) is 5. The van der Waals surface area contributed by atoms with E-state index in [9.17, 15) is 14.7 Å². The molecule has 0 aliphatic carbocycles. The molecule has 1 unspecified atom stereocenters. The normalized spacial score (nSPS) is 12.7. The van der Waals surface area contributed by atoms with Crippen molar-refractivity contribution in [2.45, 2.75) is 277 Å². The Morgan fingerprint density at radius 3 is 1.02 bits per heavy atom. The number of aliphatic hydroxyl groups excluding tert-OH is 1. The summed E-state index contributed by atoms with van der Waals surface area (Å²) in [5.41, 5.74) is 0. The van der Waals surface area contributed by atoms with Gasteiger partial charge in [-0.1, -0.05) is 267 Å². The molecule has 370 valence electrons. The fourth-order valence-corrected chi connectivity index (χ4v) is 7.91. The van der Waals surface area contributed by atoms with E-state index in [0.717, 1.165) is 77.0 Å². The van der Waals surface area contributed by atoms with Gasteiger partial charge < -0.3 is 14.6 Å². The van der Waals surface area contributed by atoms with E-state index < -0.39 is 6.10 Å². The molecule has 1 atom stereocenters. The highest BCUT2D eigenvalue weighted by Crippen LogP contribution is 2.17. The van der Waals surface area contributed by atoms with Crippen LogP contribution in [0.4, 0.5) is 0 Å². The van der Waals surface area contributed by atoms with Crippen LogP contribution in [-0.2, 0) is 19.1 Å². The Balaban J connectivity index is 3.39. The minimum absolute atomic E-state index is 0.0619. The molecular weight excluding hydrogens is 789 g/mol. The monoisotopic (exact) mass is 893 g/mol. The number of carbonyl (C=O) groups excluding carboxylic acids is 2. The molecule has 0 radical (unpaired) electrons. The maximum absolute atomic E-state index is 12.2. The first-order valence-corrected chi connectivity index (χ1v) is 27.5. The summed E-state index contributed by atoms with van der Waals surface area (Å²) in [4.78, 5) is 24.3. The van der Waals surface area contributed by atoms with Crippen molar-refractivity contribution in [2.24, 2.45) is 0 Å². The molecule has 0 saturated heterocycles. The minimum Gasteiger partial charge on any atom is -0.462 e. The van der Waals surface area contributed by atoms with Crippen molar-refractivity contribution in [1.29, 1.82) is 0 Å². The first-order chi connectivity index (χ1) is 31.6. The van der Waals surface area contributed by atoms with Crippen LogP contribution in [0.3, 0.4) is 0 Å². The second kappa shape index (κ2) is 54.7. The third kappa shape index (κ3) is 52.0. The summed E-state index contributed by atoms with van der Waals surface area (Å²) in [5.74, 6) is -0.583. The number of aliphatic hydroxyl groups is 1. The first kappa shape index (κ1) is 61.3. The average Bonchev–Trinajstić information content (AvgIpc) is 3.30. The number of hydrogen-bond donors (Lipinski definition) is 1. The van der Waals surface area contributed by atoms with Crippen LogP contribution >= 0.6 is 0 Å². The molecular formula is C59H104O5. The van der Waals surface area contributed by atoms with Crippen molar-refractivity contribution in [1.82, 2.24) is 0 Å². The van der Waals surface area contributed by atoms with Crippen LogP contribution in [-0.4, -0.2) is 36.4 Å². The SMILES string of the molecule is CC/C=C\C/C=C\C/C=C\C/C=C\C/C=C\C/C=C\CCCCCCCCCCCCCCCCCCCCCCCCC(=O)OC(CO)COC(=O)CCCCCCCCCCC. The lowest BCUT2D eigenvalue weighted by Gasteiger charge is -2.15. The van der Waals surface area contributed by atoms with E-state index in [0.29, 0.717) is 12.8 Å². The van der Waals surface area contributed by atoms with Gasteiger partial charge in [-0.25, -0.2) is 0 Å². The standard InChI is InChI=1S/C59H104O5/c1-3-5-7-9-11-13-14-15-16-17-18-19-20-21-22-23-24-25-26-27-28-29-30-31-32-33-34-35-36-37-38-39-40-41-42-43-44-46-48-50-52-54-59(62)64-57(55-60)56-63-58(61)53-51-49-47-45-12-10-8-6-4-2/h5,7,11,13,15-16,18-19,21-22,24-25,57,60H,3-4,6,8-10,12,14,17,20,23,26-56H2,1-2H3/b7-5-,13-11-,16-15-,19-18-,22-21-,25-24-. The Morgan fingerprint density at radius 1 is 0.375 bits per heavy atom. The van der Waals surface area contributed by atoms with E-state index in [2.05, 4.69) is 86.8 Å². The summed E-state index contributed by atoms with van der Waals surface area (Å²) in [7, 11) is 0. The third-order valence-electron chi connectivity index (χ3n) is 12.0. The van der Waals surface area contributed by atoms with Crippen LogP contribution in [0, 0.1) is 0 Å². The van der Waals surface area contributed by atoms with E-state index in [-0.39, 0.29) is 25.2 Å². The smallest absolute Gasteiger partial charge is 0.306 e. The summed E-state index contributed by atoms with van der Waals surface area (Å²) < 4.78 is 10.6. The number of carbonyl (C=O) groups is 2. The predicted octanol–water partition coefficient (Wildman–Crippen LogP) is 18.4. The maximum Gasteiger partial charge on any atom is 0.306 e. The van der Waals surface area contributed by atoms with Gasteiger partial charge in [0.05, 0.1) is 6.61 Å². The first-order valence-electron chi connectivity index (χ1n) is 27.5. The van der Waals surface area contributed by atoms with Crippen molar-refractivity contribution in [3.8, 4) is 0 Å². The van der Waals surface area contributed by atoms with Crippen molar-refractivity contribution < 1.29 is 24.2 Å². The van der Waals surface area contributed by atoms with Gasteiger partial charge in [0.25, 0.3) is 0 Å². The number of esters is 2. The lowest BCUT2D eigenvalue weighted by atomic mass is 10.0. The minimum atomic E-state index is -0.767. The lowest BCUT2D eigenvalue weighted by molar-refractivity contribution is -0.161. The van der Waals surface area contributed by atoms with Crippen molar-refractivity contribution in [3.63, 3.8) is 0 Å². The Kier molecular flexibility index (Phi) is 52.4. The molecule has 5 heteroatoms. The molecule has 0 saturated carbocycles. The Labute approximate surface area is 397 Å². The van der Waals surface area contributed by atoms with Crippen LogP contribution in [0.2, 0.25) is 0 Å². The maximum atomic E-state index is 12.2. The lowest BCUT2D eigenvalue weighted by Crippen LogP contribution is -2.28. The average molecular weight is 893 g/mol. The van der Waals surface area contributed by atoms with E-state index in [1.807, 2.05) is 0 Å². The van der Waals surface area contributed by atoms with E-state index >= 15 is 0 Å². The molecule has 0 heterocycles. The molecule has 0 aliphatic rings. The quantitative estimate of drug-likeness (QED) is 0.0374. The molecule has 0 amide bonds. The molecule has 0 aromatic carbocycles. The highest BCUT2D eigenvalue weighted by atomic mass is 16.6.